The van der Waals surface area contributed by atoms with Gasteiger partial charge >= 0.3 is 0 Å². The average molecular weight is 285 g/mol. The van der Waals surface area contributed by atoms with Gasteiger partial charge in [0.1, 0.15) is 12.4 Å². The van der Waals surface area contributed by atoms with Gasteiger partial charge in [0.25, 0.3) is 0 Å². The van der Waals surface area contributed by atoms with E-state index in [1.807, 2.05) is 0 Å². The Morgan fingerprint density at radius 1 is 1.53 bits per heavy atom. The lowest BCUT2D eigenvalue weighted by atomic mass is 10.1. The number of halogens is 1. The van der Waals surface area contributed by atoms with Crippen molar-refractivity contribution in [3.8, 4) is 5.75 Å². The first kappa shape index (κ1) is 14.0. The molecule has 0 saturated carbocycles. The second-order valence-corrected chi connectivity index (χ2v) is 4.84. The number of ether oxygens (including phenoxy) is 2. The van der Waals surface area contributed by atoms with Crippen LogP contribution in [0.2, 0.25) is 5.02 Å². The Morgan fingerprint density at radius 2 is 2.37 bits per heavy atom. The third-order valence-electron chi connectivity index (χ3n) is 3.03. The van der Waals surface area contributed by atoms with Crippen molar-refractivity contribution in [3.63, 3.8) is 0 Å². The minimum atomic E-state index is 0.0177. The summed E-state index contributed by atoms with van der Waals surface area (Å²) in [7, 11) is 0. The van der Waals surface area contributed by atoms with E-state index in [1.165, 1.54) is 6.42 Å². The molecular formula is C13H17ClN2O3. The second-order valence-electron chi connectivity index (χ2n) is 4.43. The fourth-order valence-electron chi connectivity index (χ4n) is 1.96. The predicted molar refractivity (Wildman–Crippen MR) is 73.0 cm³/mol. The van der Waals surface area contributed by atoms with Gasteiger partial charge in [0.05, 0.1) is 11.1 Å². The third-order valence-corrected chi connectivity index (χ3v) is 3.33. The lowest BCUT2D eigenvalue weighted by Crippen LogP contribution is -2.25. The van der Waals surface area contributed by atoms with Gasteiger partial charge in [-0.05, 0) is 37.5 Å². The number of oxime groups is 1. The zero-order chi connectivity index (χ0) is 13.7. The highest BCUT2D eigenvalue weighted by molar-refractivity contribution is 6.32. The number of rotatable bonds is 4. The van der Waals surface area contributed by atoms with Crippen LogP contribution in [-0.2, 0) is 4.74 Å². The number of nitrogens with zero attached hydrogens (tertiary/aromatic N) is 1. The molecule has 0 spiro atoms. The Morgan fingerprint density at radius 3 is 3.00 bits per heavy atom. The molecule has 0 bridgehead atoms. The topological polar surface area (TPSA) is 77.1 Å². The molecule has 3 N–H and O–H groups in total. The van der Waals surface area contributed by atoms with Crippen molar-refractivity contribution in [2.45, 2.75) is 25.4 Å². The molecule has 1 unspecified atom stereocenters. The smallest absolute Gasteiger partial charge is 0.170 e. The van der Waals surface area contributed by atoms with Crippen LogP contribution in [0.15, 0.2) is 23.4 Å². The number of hydrogen-bond acceptors (Lipinski definition) is 4. The Balaban J connectivity index is 1.97. The minimum absolute atomic E-state index is 0.0177. The van der Waals surface area contributed by atoms with E-state index in [-0.39, 0.29) is 11.9 Å². The first-order valence-electron chi connectivity index (χ1n) is 6.22. The molecule has 1 aromatic carbocycles. The van der Waals surface area contributed by atoms with Gasteiger partial charge in [-0.15, -0.1) is 0 Å². The van der Waals surface area contributed by atoms with E-state index in [4.69, 9.17) is 32.0 Å². The maximum atomic E-state index is 8.59. The monoisotopic (exact) mass is 284 g/mol. The van der Waals surface area contributed by atoms with Gasteiger partial charge in [0.15, 0.2) is 5.84 Å². The van der Waals surface area contributed by atoms with Crippen LogP contribution >= 0.6 is 11.6 Å². The maximum absolute atomic E-state index is 8.59. The fraction of sp³-hybridized carbons (Fsp3) is 0.462. The van der Waals surface area contributed by atoms with Crippen molar-refractivity contribution in [1.29, 1.82) is 0 Å². The number of nitrogens with two attached hydrogens (primary N) is 1. The van der Waals surface area contributed by atoms with Gasteiger partial charge in [-0.3, -0.25) is 0 Å². The van der Waals surface area contributed by atoms with Gasteiger partial charge in [-0.25, -0.2) is 0 Å². The lowest BCUT2D eigenvalue weighted by molar-refractivity contribution is -0.0110. The molecule has 5 nitrogen and oxygen atoms in total. The maximum Gasteiger partial charge on any atom is 0.170 e. The van der Waals surface area contributed by atoms with Crippen molar-refractivity contribution >= 4 is 17.4 Å². The lowest BCUT2D eigenvalue weighted by Gasteiger charge is -2.22. The summed E-state index contributed by atoms with van der Waals surface area (Å²) in [6, 6.07) is 5.00. The summed E-state index contributed by atoms with van der Waals surface area (Å²) in [5, 5.41) is 11.9. The molecular weight excluding hydrogens is 268 g/mol. The molecule has 1 atom stereocenters. The predicted octanol–water partition coefficient (Wildman–Crippen LogP) is 2.38. The van der Waals surface area contributed by atoms with Crippen molar-refractivity contribution in [2.75, 3.05) is 13.2 Å². The molecule has 1 aromatic rings. The SMILES string of the molecule is NC(=NO)c1ccc(OCC2CCCCO2)c(Cl)c1. The standard InChI is InChI=1S/C13H17ClN2O3/c14-11-7-9(13(15)16-17)4-5-12(11)19-8-10-3-1-2-6-18-10/h4-5,7,10,17H,1-3,6,8H2,(H2,15,16). The van der Waals surface area contributed by atoms with E-state index >= 15 is 0 Å². The summed E-state index contributed by atoms with van der Waals surface area (Å²) < 4.78 is 11.2. The van der Waals surface area contributed by atoms with Gasteiger partial charge < -0.3 is 20.4 Å². The average Bonchev–Trinajstić information content (AvgIpc) is 2.46. The van der Waals surface area contributed by atoms with Gasteiger partial charge in [-0.2, -0.15) is 0 Å². The van der Waals surface area contributed by atoms with Crippen LogP contribution in [0.3, 0.4) is 0 Å². The molecule has 104 valence electrons. The molecule has 0 amide bonds. The molecule has 6 heteroatoms. The molecule has 1 aliphatic heterocycles. The molecule has 2 rings (SSSR count). The fourth-order valence-corrected chi connectivity index (χ4v) is 2.19. The van der Waals surface area contributed by atoms with Crippen LogP contribution in [0.4, 0.5) is 0 Å². The summed E-state index contributed by atoms with van der Waals surface area (Å²) >= 11 is 6.09. The third kappa shape index (κ3) is 3.75. The number of amidine groups is 1. The van der Waals surface area contributed by atoms with Crippen LogP contribution < -0.4 is 10.5 Å². The van der Waals surface area contributed by atoms with E-state index in [0.29, 0.717) is 22.9 Å². The van der Waals surface area contributed by atoms with E-state index in [0.717, 1.165) is 19.4 Å². The number of benzene rings is 1. The second kappa shape index (κ2) is 6.63. The Labute approximate surface area is 116 Å². The van der Waals surface area contributed by atoms with Crippen LogP contribution in [0, 0.1) is 0 Å². The van der Waals surface area contributed by atoms with Crippen molar-refractivity contribution < 1.29 is 14.7 Å². The van der Waals surface area contributed by atoms with E-state index in [1.54, 1.807) is 18.2 Å². The summed E-state index contributed by atoms with van der Waals surface area (Å²) in [5.74, 6) is 0.592. The van der Waals surface area contributed by atoms with Crippen LogP contribution in [0.1, 0.15) is 24.8 Å². The van der Waals surface area contributed by atoms with Crippen LogP contribution in [-0.4, -0.2) is 30.4 Å². The summed E-state index contributed by atoms with van der Waals surface area (Å²) in [5.41, 5.74) is 6.03. The molecule has 0 radical (unpaired) electrons. The van der Waals surface area contributed by atoms with Crippen LogP contribution in [0.5, 0.6) is 5.75 Å². The normalized spacial score (nSPS) is 20.3. The molecule has 0 aliphatic carbocycles. The van der Waals surface area contributed by atoms with Crippen molar-refractivity contribution in [3.05, 3.63) is 28.8 Å². The number of hydrogen-bond donors (Lipinski definition) is 2. The van der Waals surface area contributed by atoms with E-state index < -0.39 is 0 Å². The molecule has 1 heterocycles. The summed E-state index contributed by atoms with van der Waals surface area (Å²) in [6.07, 6.45) is 3.43. The first-order valence-corrected chi connectivity index (χ1v) is 6.60. The zero-order valence-corrected chi connectivity index (χ0v) is 11.3. The molecule has 0 aromatic heterocycles. The Hall–Kier alpha value is -1.46. The molecule has 1 saturated heterocycles. The zero-order valence-electron chi connectivity index (χ0n) is 10.5. The van der Waals surface area contributed by atoms with Gasteiger partial charge in [0.2, 0.25) is 0 Å². The quantitative estimate of drug-likeness (QED) is 0.385. The van der Waals surface area contributed by atoms with E-state index in [9.17, 15) is 0 Å². The van der Waals surface area contributed by atoms with E-state index in [2.05, 4.69) is 5.16 Å². The summed E-state index contributed by atoms with van der Waals surface area (Å²) in [4.78, 5) is 0. The van der Waals surface area contributed by atoms with Gasteiger partial charge in [-0.1, -0.05) is 16.8 Å². The first-order chi connectivity index (χ1) is 9.20. The summed E-state index contributed by atoms with van der Waals surface area (Å²) in [6.45, 7) is 1.28. The molecule has 1 aliphatic rings. The Bertz CT molecular complexity index is 459. The van der Waals surface area contributed by atoms with Crippen LogP contribution in [0.25, 0.3) is 0 Å². The Kier molecular flexibility index (Phi) is 4.87. The molecule has 1 fully saturated rings. The largest absolute Gasteiger partial charge is 0.489 e. The highest BCUT2D eigenvalue weighted by Gasteiger charge is 2.15. The van der Waals surface area contributed by atoms with Gasteiger partial charge in [0, 0.05) is 12.2 Å². The van der Waals surface area contributed by atoms with Crippen molar-refractivity contribution in [1.82, 2.24) is 0 Å². The highest BCUT2D eigenvalue weighted by atomic mass is 35.5. The minimum Gasteiger partial charge on any atom is -0.489 e. The molecule has 19 heavy (non-hydrogen) atoms. The highest BCUT2D eigenvalue weighted by Crippen LogP contribution is 2.26. The van der Waals surface area contributed by atoms with Crippen molar-refractivity contribution in [2.24, 2.45) is 10.9 Å².